The van der Waals surface area contributed by atoms with Crippen LogP contribution in [0, 0.1) is 0 Å². The molecule has 0 aliphatic heterocycles. The van der Waals surface area contributed by atoms with Crippen LogP contribution in [-0.2, 0) is 13.6 Å². The smallest absolute Gasteiger partial charge is 0.328 e. The molecule has 112 valence electrons. The molecule has 2 heterocycles. The van der Waals surface area contributed by atoms with E-state index in [-0.39, 0.29) is 12.1 Å². The van der Waals surface area contributed by atoms with E-state index in [0.717, 1.165) is 27.4 Å². The normalized spacial score (nSPS) is 10.8. The van der Waals surface area contributed by atoms with Crippen LogP contribution in [0.2, 0.25) is 0 Å². The highest BCUT2D eigenvalue weighted by Gasteiger charge is 2.13. The number of carbonyl (C=O) groups is 1. The van der Waals surface area contributed by atoms with Gasteiger partial charge in [0, 0.05) is 24.5 Å². The maximum atomic E-state index is 12.1. The molecule has 1 aromatic carbocycles. The average molecular weight is 298 g/mol. The zero-order valence-electron chi connectivity index (χ0n) is 11.8. The molecule has 3 aromatic rings. The zero-order valence-corrected chi connectivity index (χ0v) is 11.8. The van der Waals surface area contributed by atoms with Gasteiger partial charge in [-0.05, 0) is 17.5 Å². The molecule has 0 atom stereocenters. The minimum atomic E-state index is -0.627. The number of hydrogen-bond acceptors (Lipinski definition) is 3. The summed E-state index contributed by atoms with van der Waals surface area (Å²) >= 11 is 0. The minimum absolute atomic E-state index is 0.0989. The lowest BCUT2D eigenvalue weighted by atomic mass is 10.2. The zero-order chi connectivity index (χ0) is 15.7. The monoisotopic (exact) mass is 298 g/mol. The Labute approximate surface area is 124 Å². The van der Waals surface area contributed by atoms with Gasteiger partial charge in [0.15, 0.2) is 0 Å². The molecule has 0 spiro atoms. The first-order valence-corrected chi connectivity index (χ1v) is 6.70. The van der Waals surface area contributed by atoms with Crippen molar-refractivity contribution < 1.29 is 4.79 Å². The van der Waals surface area contributed by atoms with Crippen LogP contribution in [-0.4, -0.2) is 20.4 Å². The number of hydrogen-bond donors (Lipinski definition) is 3. The van der Waals surface area contributed by atoms with Gasteiger partial charge >= 0.3 is 5.69 Å². The van der Waals surface area contributed by atoms with Crippen molar-refractivity contribution in [1.82, 2.24) is 19.9 Å². The number of rotatable bonds is 3. The largest absolute Gasteiger partial charge is 0.357 e. The highest BCUT2D eigenvalue weighted by molar-refractivity contribution is 5.93. The molecule has 0 unspecified atom stereocenters. The molecule has 3 N–H and O–H groups in total. The van der Waals surface area contributed by atoms with Crippen LogP contribution >= 0.6 is 0 Å². The van der Waals surface area contributed by atoms with Gasteiger partial charge in [-0.15, -0.1) is 0 Å². The predicted octanol–water partition coefficient (Wildman–Crippen LogP) is 0.485. The lowest BCUT2D eigenvalue weighted by Crippen LogP contribution is -2.38. The van der Waals surface area contributed by atoms with Crippen LogP contribution in [0.1, 0.15) is 16.1 Å². The molecule has 0 aliphatic carbocycles. The van der Waals surface area contributed by atoms with Gasteiger partial charge in [0.25, 0.3) is 11.5 Å². The van der Waals surface area contributed by atoms with Gasteiger partial charge in [0.1, 0.15) is 5.56 Å². The third-order valence-electron chi connectivity index (χ3n) is 3.45. The Morgan fingerprint density at radius 3 is 2.82 bits per heavy atom. The summed E-state index contributed by atoms with van der Waals surface area (Å²) in [5.41, 5.74) is 0.524. The standard InChI is InChI=1S/C15H14N4O3/c1-19-14(21)11(8-17-15(19)22)13(20)16-7-10-6-9-4-2-3-5-12(9)18-10/h2-6,8,18H,7H2,1H3,(H,16,20)(H,17,22). The van der Waals surface area contributed by atoms with Gasteiger partial charge in [-0.3, -0.25) is 14.2 Å². The van der Waals surface area contributed by atoms with Crippen molar-refractivity contribution in [3.63, 3.8) is 0 Å². The second kappa shape index (κ2) is 5.36. The Balaban J connectivity index is 1.79. The van der Waals surface area contributed by atoms with E-state index >= 15 is 0 Å². The number of H-pyrrole nitrogens is 2. The van der Waals surface area contributed by atoms with Crippen LogP contribution in [0.3, 0.4) is 0 Å². The number of fused-ring (bicyclic) bond motifs is 1. The Hall–Kier alpha value is -3.09. The fraction of sp³-hybridized carbons (Fsp3) is 0.133. The van der Waals surface area contributed by atoms with Crippen molar-refractivity contribution >= 4 is 16.8 Å². The van der Waals surface area contributed by atoms with Crippen LogP contribution in [0.15, 0.2) is 46.1 Å². The molecule has 3 rings (SSSR count). The van der Waals surface area contributed by atoms with Gasteiger partial charge in [0.05, 0.1) is 6.54 Å². The number of para-hydroxylation sites is 1. The minimum Gasteiger partial charge on any atom is -0.357 e. The molecule has 22 heavy (non-hydrogen) atoms. The number of nitrogens with one attached hydrogen (secondary N) is 3. The first-order chi connectivity index (χ1) is 10.6. The molecule has 0 bridgehead atoms. The summed E-state index contributed by atoms with van der Waals surface area (Å²) in [5.74, 6) is -0.532. The summed E-state index contributed by atoms with van der Waals surface area (Å²) in [5, 5.41) is 3.71. The number of amides is 1. The van der Waals surface area contributed by atoms with Crippen LogP contribution in [0.5, 0.6) is 0 Å². The van der Waals surface area contributed by atoms with Crippen molar-refractivity contribution in [2.45, 2.75) is 6.54 Å². The molecule has 2 aromatic heterocycles. The van der Waals surface area contributed by atoms with E-state index in [2.05, 4.69) is 15.3 Å². The summed E-state index contributed by atoms with van der Waals surface area (Å²) in [6.07, 6.45) is 1.13. The third-order valence-corrected chi connectivity index (χ3v) is 3.45. The lowest BCUT2D eigenvalue weighted by Gasteiger charge is -2.04. The molecule has 0 aliphatic rings. The van der Waals surface area contributed by atoms with E-state index in [1.54, 1.807) is 0 Å². The Morgan fingerprint density at radius 1 is 1.27 bits per heavy atom. The molecule has 1 amide bonds. The predicted molar refractivity (Wildman–Crippen MR) is 81.8 cm³/mol. The number of nitrogens with zero attached hydrogens (tertiary/aromatic N) is 1. The van der Waals surface area contributed by atoms with E-state index < -0.39 is 17.2 Å². The maximum Gasteiger partial charge on any atom is 0.328 e. The Morgan fingerprint density at radius 2 is 2.05 bits per heavy atom. The second-order valence-electron chi connectivity index (χ2n) is 4.94. The average Bonchev–Trinajstić information content (AvgIpc) is 2.93. The van der Waals surface area contributed by atoms with Crippen LogP contribution in [0.4, 0.5) is 0 Å². The maximum absolute atomic E-state index is 12.1. The first-order valence-electron chi connectivity index (χ1n) is 6.70. The fourth-order valence-electron chi connectivity index (χ4n) is 2.23. The Bertz CT molecular complexity index is 932. The number of carbonyl (C=O) groups excluding carboxylic acids is 1. The van der Waals surface area contributed by atoms with Crippen molar-refractivity contribution in [1.29, 1.82) is 0 Å². The van der Waals surface area contributed by atoms with E-state index in [9.17, 15) is 14.4 Å². The highest BCUT2D eigenvalue weighted by Crippen LogP contribution is 2.14. The summed E-state index contributed by atoms with van der Waals surface area (Å²) < 4.78 is 0.859. The summed E-state index contributed by atoms with van der Waals surface area (Å²) in [6, 6.07) is 9.70. The third kappa shape index (κ3) is 2.44. The number of benzene rings is 1. The summed E-state index contributed by atoms with van der Waals surface area (Å²) in [4.78, 5) is 40.7. The van der Waals surface area contributed by atoms with E-state index in [1.165, 1.54) is 7.05 Å². The van der Waals surface area contributed by atoms with Gasteiger partial charge in [0.2, 0.25) is 0 Å². The van der Waals surface area contributed by atoms with E-state index in [4.69, 9.17) is 0 Å². The summed E-state index contributed by atoms with van der Waals surface area (Å²) in [6.45, 7) is 0.260. The van der Waals surface area contributed by atoms with Crippen molar-refractivity contribution in [3.8, 4) is 0 Å². The number of aromatic amines is 2. The molecule has 7 heteroatoms. The Kier molecular flexibility index (Phi) is 3.38. The molecule has 7 nitrogen and oxygen atoms in total. The second-order valence-corrected chi connectivity index (χ2v) is 4.94. The van der Waals surface area contributed by atoms with Gasteiger partial charge in [-0.1, -0.05) is 18.2 Å². The first kappa shape index (κ1) is 13.9. The molecule has 0 saturated heterocycles. The van der Waals surface area contributed by atoms with Crippen LogP contribution < -0.4 is 16.6 Å². The molecular formula is C15H14N4O3. The quantitative estimate of drug-likeness (QED) is 0.656. The van der Waals surface area contributed by atoms with Crippen molar-refractivity contribution in [3.05, 3.63) is 68.6 Å². The lowest BCUT2D eigenvalue weighted by molar-refractivity contribution is 0.0948. The van der Waals surface area contributed by atoms with Crippen LogP contribution in [0.25, 0.3) is 10.9 Å². The molecule has 0 saturated carbocycles. The van der Waals surface area contributed by atoms with Crippen molar-refractivity contribution in [2.24, 2.45) is 7.05 Å². The molecule has 0 fully saturated rings. The summed E-state index contributed by atoms with van der Waals surface area (Å²) in [7, 11) is 1.32. The molecular weight excluding hydrogens is 284 g/mol. The van der Waals surface area contributed by atoms with Gasteiger partial charge in [-0.25, -0.2) is 4.79 Å². The van der Waals surface area contributed by atoms with Gasteiger partial charge in [-0.2, -0.15) is 0 Å². The van der Waals surface area contributed by atoms with Crippen molar-refractivity contribution in [2.75, 3.05) is 0 Å². The van der Waals surface area contributed by atoms with Gasteiger partial charge < -0.3 is 15.3 Å². The van der Waals surface area contributed by atoms with E-state index in [0.29, 0.717) is 0 Å². The van der Waals surface area contributed by atoms with E-state index in [1.807, 2.05) is 30.3 Å². The highest BCUT2D eigenvalue weighted by atomic mass is 16.2. The number of aromatic nitrogens is 3. The topological polar surface area (TPSA) is 99.8 Å². The SMILES string of the molecule is Cn1c(=O)[nH]cc(C(=O)NCc2cc3ccccc3[nH]2)c1=O. The molecule has 0 radical (unpaired) electrons. The fourth-order valence-corrected chi connectivity index (χ4v) is 2.23.